The maximum absolute atomic E-state index is 13.1. The highest BCUT2D eigenvalue weighted by Crippen LogP contribution is 2.43. The number of ketones is 1. The molecular weight excluding hydrogens is 346 g/mol. The summed E-state index contributed by atoms with van der Waals surface area (Å²) >= 11 is 1.55. The lowest BCUT2D eigenvalue weighted by molar-refractivity contribution is -0.136. The first-order valence-corrected chi connectivity index (χ1v) is 9.22. The molecule has 1 aliphatic heterocycles. The molecule has 5 heteroatoms. The Labute approximate surface area is 155 Å². The number of para-hydroxylation sites is 1. The minimum atomic E-state index is -1.83. The summed E-state index contributed by atoms with van der Waals surface area (Å²) in [6.07, 6.45) is -0.270. The van der Waals surface area contributed by atoms with Crippen molar-refractivity contribution in [3.05, 3.63) is 88.1 Å². The fourth-order valence-electron chi connectivity index (χ4n) is 3.35. The van der Waals surface area contributed by atoms with E-state index in [4.69, 9.17) is 0 Å². The molecule has 1 atom stereocenters. The van der Waals surface area contributed by atoms with E-state index >= 15 is 0 Å². The fourth-order valence-corrected chi connectivity index (χ4v) is 4.04. The van der Waals surface area contributed by atoms with Crippen LogP contribution in [-0.2, 0) is 16.9 Å². The Morgan fingerprint density at radius 3 is 2.46 bits per heavy atom. The lowest BCUT2D eigenvalue weighted by Crippen LogP contribution is -2.41. The summed E-state index contributed by atoms with van der Waals surface area (Å²) in [4.78, 5) is 28.4. The van der Waals surface area contributed by atoms with Gasteiger partial charge in [0.2, 0.25) is 0 Å². The van der Waals surface area contributed by atoms with Gasteiger partial charge in [0.1, 0.15) is 0 Å². The van der Waals surface area contributed by atoms with Gasteiger partial charge in [-0.15, -0.1) is 11.3 Å². The molecule has 0 radical (unpaired) electrons. The Hall–Kier alpha value is -2.76. The van der Waals surface area contributed by atoms with Gasteiger partial charge in [-0.3, -0.25) is 9.59 Å². The summed E-state index contributed by atoms with van der Waals surface area (Å²) in [5.74, 6) is -0.703. The van der Waals surface area contributed by atoms with Crippen LogP contribution in [0, 0.1) is 0 Å². The quantitative estimate of drug-likeness (QED) is 0.702. The maximum Gasteiger partial charge on any atom is 0.264 e. The van der Waals surface area contributed by atoms with E-state index in [0.717, 1.165) is 4.88 Å². The summed E-state index contributed by atoms with van der Waals surface area (Å²) in [5.41, 5.74) is -0.191. The average molecular weight is 363 g/mol. The number of amides is 1. The molecule has 0 bridgehead atoms. The monoisotopic (exact) mass is 363 g/mol. The number of hydrogen-bond acceptors (Lipinski definition) is 4. The largest absolute Gasteiger partial charge is 0.375 e. The van der Waals surface area contributed by atoms with Crippen LogP contribution in [0.4, 0.5) is 5.69 Å². The van der Waals surface area contributed by atoms with Gasteiger partial charge in [0, 0.05) is 16.0 Å². The SMILES string of the molecule is O=C(CC1(O)C(=O)N(Cc2cccs2)c2ccccc21)c1ccccc1. The van der Waals surface area contributed by atoms with Crippen molar-refractivity contribution >= 4 is 28.7 Å². The normalized spacial score (nSPS) is 18.8. The minimum absolute atomic E-state index is 0.255. The molecule has 2 aromatic carbocycles. The number of carbonyl (C=O) groups excluding carboxylic acids is 2. The zero-order valence-electron chi connectivity index (χ0n) is 14.0. The predicted octanol–water partition coefficient (Wildman–Crippen LogP) is 3.76. The highest BCUT2D eigenvalue weighted by Gasteiger charge is 2.50. The third-order valence-electron chi connectivity index (χ3n) is 4.65. The Balaban J connectivity index is 1.69. The van der Waals surface area contributed by atoms with E-state index in [1.165, 1.54) is 0 Å². The first-order chi connectivity index (χ1) is 12.6. The average Bonchev–Trinajstić information content (AvgIpc) is 3.25. The van der Waals surface area contributed by atoms with Crippen molar-refractivity contribution in [1.82, 2.24) is 0 Å². The van der Waals surface area contributed by atoms with Crippen molar-refractivity contribution in [2.75, 3.05) is 4.90 Å². The van der Waals surface area contributed by atoms with Gasteiger partial charge in [0.15, 0.2) is 11.4 Å². The summed E-state index contributed by atoms with van der Waals surface area (Å²) in [5, 5.41) is 13.2. The van der Waals surface area contributed by atoms with Crippen LogP contribution in [0.2, 0.25) is 0 Å². The lowest BCUT2D eigenvalue weighted by Gasteiger charge is -2.22. The van der Waals surface area contributed by atoms with Gasteiger partial charge >= 0.3 is 0 Å². The second-order valence-corrected chi connectivity index (χ2v) is 7.35. The molecule has 1 unspecified atom stereocenters. The molecule has 0 saturated heterocycles. The molecule has 1 amide bonds. The van der Waals surface area contributed by atoms with E-state index in [1.54, 1.807) is 52.6 Å². The van der Waals surface area contributed by atoms with Crippen LogP contribution in [0.1, 0.15) is 27.2 Å². The van der Waals surface area contributed by atoms with Crippen LogP contribution in [-0.4, -0.2) is 16.8 Å². The number of hydrogen-bond donors (Lipinski definition) is 1. The molecule has 4 nitrogen and oxygen atoms in total. The number of nitrogens with zero attached hydrogens (tertiary/aromatic N) is 1. The minimum Gasteiger partial charge on any atom is -0.375 e. The number of Topliss-reactive ketones (excluding diaryl/α,β-unsaturated/α-hetero) is 1. The van der Waals surface area contributed by atoms with Crippen LogP contribution in [0.15, 0.2) is 72.1 Å². The number of anilines is 1. The predicted molar refractivity (Wildman–Crippen MR) is 101 cm³/mol. The van der Waals surface area contributed by atoms with E-state index in [1.807, 2.05) is 35.7 Å². The van der Waals surface area contributed by atoms with Crippen LogP contribution >= 0.6 is 11.3 Å². The van der Waals surface area contributed by atoms with Gasteiger partial charge in [0.05, 0.1) is 18.7 Å². The van der Waals surface area contributed by atoms with Gasteiger partial charge in [-0.05, 0) is 17.5 Å². The summed E-state index contributed by atoms with van der Waals surface area (Å²) in [6.45, 7) is 0.384. The molecule has 4 rings (SSSR count). The summed E-state index contributed by atoms with van der Waals surface area (Å²) in [6, 6.07) is 19.8. The van der Waals surface area contributed by atoms with Crippen LogP contribution < -0.4 is 4.90 Å². The number of rotatable bonds is 5. The molecule has 0 saturated carbocycles. The number of aliphatic hydroxyl groups is 1. The number of carbonyl (C=O) groups is 2. The number of thiophene rings is 1. The van der Waals surface area contributed by atoms with E-state index in [2.05, 4.69) is 0 Å². The van der Waals surface area contributed by atoms with E-state index < -0.39 is 11.5 Å². The maximum atomic E-state index is 13.1. The van der Waals surface area contributed by atoms with E-state index in [0.29, 0.717) is 23.4 Å². The van der Waals surface area contributed by atoms with Crippen LogP contribution in [0.5, 0.6) is 0 Å². The molecule has 130 valence electrons. The van der Waals surface area contributed by atoms with Crippen molar-refractivity contribution in [2.45, 2.75) is 18.6 Å². The highest BCUT2D eigenvalue weighted by atomic mass is 32.1. The second-order valence-electron chi connectivity index (χ2n) is 6.31. The summed E-state index contributed by atoms with van der Waals surface area (Å²) < 4.78 is 0. The van der Waals surface area contributed by atoms with Gasteiger partial charge in [0.25, 0.3) is 5.91 Å². The Bertz CT molecular complexity index is 952. The molecule has 0 fully saturated rings. The first kappa shape index (κ1) is 16.7. The smallest absolute Gasteiger partial charge is 0.264 e. The zero-order valence-corrected chi connectivity index (χ0v) is 14.8. The number of benzene rings is 2. The molecule has 3 aromatic rings. The van der Waals surface area contributed by atoms with E-state index in [-0.39, 0.29) is 12.2 Å². The molecule has 2 heterocycles. The fraction of sp³-hybridized carbons (Fsp3) is 0.143. The molecule has 0 spiro atoms. The lowest BCUT2D eigenvalue weighted by atomic mass is 9.88. The zero-order chi connectivity index (χ0) is 18.1. The standard InChI is InChI=1S/C21H17NO3S/c23-19(15-7-2-1-3-8-15)13-21(25)17-10-4-5-11-18(17)22(20(21)24)14-16-9-6-12-26-16/h1-12,25H,13-14H2. The van der Waals surface area contributed by atoms with Gasteiger partial charge in [-0.2, -0.15) is 0 Å². The molecule has 0 aliphatic carbocycles. The second kappa shape index (κ2) is 6.52. The van der Waals surface area contributed by atoms with E-state index in [9.17, 15) is 14.7 Å². The highest BCUT2D eigenvalue weighted by molar-refractivity contribution is 7.09. The van der Waals surface area contributed by atoms with Gasteiger partial charge in [-0.25, -0.2) is 0 Å². The molecule has 1 N–H and O–H groups in total. The van der Waals surface area contributed by atoms with Crippen molar-refractivity contribution < 1.29 is 14.7 Å². The third-order valence-corrected chi connectivity index (χ3v) is 5.51. The molecule has 1 aliphatic rings. The first-order valence-electron chi connectivity index (χ1n) is 8.34. The van der Waals surface area contributed by atoms with Gasteiger partial charge < -0.3 is 10.0 Å². The van der Waals surface area contributed by atoms with Crippen molar-refractivity contribution in [1.29, 1.82) is 0 Å². The Kier molecular flexibility index (Phi) is 4.18. The van der Waals surface area contributed by atoms with Crippen LogP contribution in [0.3, 0.4) is 0 Å². The topological polar surface area (TPSA) is 57.6 Å². The third kappa shape index (κ3) is 2.75. The van der Waals surface area contributed by atoms with Crippen molar-refractivity contribution in [2.24, 2.45) is 0 Å². The molecule has 26 heavy (non-hydrogen) atoms. The molecular formula is C21H17NO3S. The summed E-state index contributed by atoms with van der Waals surface area (Å²) in [7, 11) is 0. The van der Waals surface area contributed by atoms with Gasteiger partial charge in [-0.1, -0.05) is 54.6 Å². The molecule has 1 aromatic heterocycles. The Morgan fingerprint density at radius 1 is 1.00 bits per heavy atom. The Morgan fingerprint density at radius 2 is 1.73 bits per heavy atom. The number of fused-ring (bicyclic) bond motifs is 1. The van der Waals surface area contributed by atoms with Crippen molar-refractivity contribution in [3.8, 4) is 0 Å². The van der Waals surface area contributed by atoms with Crippen molar-refractivity contribution in [3.63, 3.8) is 0 Å². The van der Waals surface area contributed by atoms with Crippen LogP contribution in [0.25, 0.3) is 0 Å².